The van der Waals surface area contributed by atoms with Crippen molar-refractivity contribution in [3.05, 3.63) is 0 Å². The average Bonchev–Trinajstić information content (AvgIpc) is 2.90. The maximum Gasteiger partial charge on any atom is 0.403 e. The van der Waals surface area contributed by atoms with Gasteiger partial charge in [-0.05, 0) is 25.6 Å². The molecule has 0 amide bonds. The summed E-state index contributed by atoms with van der Waals surface area (Å²) in [6.45, 7) is 12.7. The number of carbonyl (C=O) groups is 2. The maximum atomic E-state index is 10.7. The number of hydrogen-bond acceptors (Lipinski definition) is 14. The third-order valence-corrected chi connectivity index (χ3v) is 5.60. The lowest BCUT2D eigenvalue weighted by atomic mass is 9.98. The monoisotopic (exact) mass is 595 g/mol. The van der Waals surface area contributed by atoms with Crippen molar-refractivity contribution in [2.45, 2.75) is 89.7 Å². The summed E-state index contributed by atoms with van der Waals surface area (Å²) in [6, 6.07) is 0. The van der Waals surface area contributed by atoms with Crippen LogP contribution in [0.15, 0.2) is 0 Å². The van der Waals surface area contributed by atoms with E-state index in [2.05, 4.69) is 30.4 Å². The number of carboxylic acids is 1. The van der Waals surface area contributed by atoms with Crippen LogP contribution in [0.25, 0.3) is 0 Å². The van der Waals surface area contributed by atoms with Gasteiger partial charge in [-0.25, -0.2) is 9.59 Å². The Bertz CT molecular complexity index is 649. The van der Waals surface area contributed by atoms with Crippen LogP contribution in [0.4, 0.5) is 4.79 Å². The Morgan fingerprint density at radius 3 is 1.77 bits per heavy atom. The minimum absolute atomic E-state index is 0.359. The summed E-state index contributed by atoms with van der Waals surface area (Å²) in [7, 11) is 0. The van der Waals surface area contributed by atoms with Crippen molar-refractivity contribution in [2.75, 3.05) is 39.5 Å². The van der Waals surface area contributed by atoms with E-state index in [0.717, 1.165) is 0 Å². The van der Waals surface area contributed by atoms with E-state index in [1.165, 1.54) is 19.6 Å². The highest BCUT2D eigenvalue weighted by Gasteiger charge is 2.47. The van der Waals surface area contributed by atoms with Crippen molar-refractivity contribution in [1.82, 2.24) is 4.90 Å². The van der Waals surface area contributed by atoms with Crippen molar-refractivity contribution in [1.29, 1.82) is 0 Å². The molecular weight excluding hydrogens is 550 g/mol. The van der Waals surface area contributed by atoms with Gasteiger partial charge in [-0.1, -0.05) is 34.6 Å². The van der Waals surface area contributed by atoms with Gasteiger partial charge in [-0.2, -0.15) is 0 Å². The van der Waals surface area contributed by atoms with Crippen LogP contribution in [0, 0.1) is 5.92 Å². The summed E-state index contributed by atoms with van der Waals surface area (Å²) in [5.41, 5.74) is -0.723. The van der Waals surface area contributed by atoms with E-state index in [0.29, 0.717) is 12.5 Å². The van der Waals surface area contributed by atoms with Crippen molar-refractivity contribution in [3.8, 4) is 0 Å². The number of hydrogen-bond donors (Lipinski definition) is 9. The molecule has 0 spiro atoms. The molecule has 0 aromatic rings. The molecule has 9 atom stereocenters. The molecule has 234 valence electrons. The van der Waals surface area contributed by atoms with Crippen molar-refractivity contribution in [3.63, 3.8) is 0 Å². The lowest BCUT2D eigenvalue weighted by Crippen LogP contribution is -2.61. The van der Waals surface area contributed by atoms with E-state index >= 15 is 0 Å². The number of aliphatic carboxylic acids is 1. The minimum Gasteiger partial charge on any atom is -0.479 e. The summed E-state index contributed by atoms with van der Waals surface area (Å²) in [4.78, 5) is 23.0. The molecule has 1 aliphatic rings. The van der Waals surface area contributed by atoms with Gasteiger partial charge in [-0.15, -0.1) is 0 Å². The van der Waals surface area contributed by atoms with Gasteiger partial charge >= 0.3 is 11.4 Å². The lowest BCUT2D eigenvalue weighted by molar-refractivity contribution is -0.326. The molecule has 0 unspecified atom stereocenters. The summed E-state index contributed by atoms with van der Waals surface area (Å²) in [5, 5.41) is 84.5. The van der Waals surface area contributed by atoms with Crippen molar-refractivity contribution >= 4 is 23.0 Å². The normalized spacial score (nSPS) is 25.9. The molecule has 39 heavy (non-hydrogen) atoms. The van der Waals surface area contributed by atoms with E-state index < -0.39 is 79.7 Å². The standard InChI is InChI=1S/C12H22O12.C6H15N.C5H9ClO2/c13-1-3(15)10(7(18)8(19)11(21)22)24-12-9(20)6(17)5(16)4(2-14)23-12;1-4-7(5-2)6-3;1-4(2)3-8-5(6)7/h3-10,12-20H,1-2H2,(H,21,22);4-6H2,1-3H3;4H,3H2,1-2H3/t3-,4-,5+,6+,7-,8-,9-,10-,12+;;/m1../s1. The molecule has 1 fully saturated rings. The number of carboxylic acid groups (broad SMARTS) is 1. The fourth-order valence-corrected chi connectivity index (χ4v) is 3.13. The van der Waals surface area contributed by atoms with Gasteiger partial charge in [0.05, 0.1) is 19.8 Å². The molecule has 1 aliphatic heterocycles. The van der Waals surface area contributed by atoms with E-state index in [1.54, 1.807) is 0 Å². The molecule has 0 aromatic heterocycles. The second-order valence-corrected chi connectivity index (χ2v) is 9.19. The molecule has 1 saturated heterocycles. The molecule has 0 aliphatic carbocycles. The summed E-state index contributed by atoms with van der Waals surface area (Å²) in [5.74, 6) is -1.48. The zero-order chi connectivity index (χ0) is 30.9. The fourth-order valence-electron chi connectivity index (χ4n) is 3.07. The second kappa shape index (κ2) is 21.5. The zero-order valence-corrected chi connectivity index (χ0v) is 23.7. The molecule has 0 radical (unpaired) electrons. The minimum atomic E-state index is -2.39. The molecule has 9 N–H and O–H groups in total. The van der Waals surface area contributed by atoms with Gasteiger partial charge < -0.3 is 65.1 Å². The predicted molar refractivity (Wildman–Crippen MR) is 137 cm³/mol. The summed E-state index contributed by atoms with van der Waals surface area (Å²) >= 11 is 4.86. The van der Waals surface area contributed by atoms with Crippen LogP contribution in [0.5, 0.6) is 0 Å². The van der Waals surface area contributed by atoms with Crippen LogP contribution in [-0.2, 0) is 19.0 Å². The van der Waals surface area contributed by atoms with Gasteiger partial charge in [-0.3, -0.25) is 0 Å². The average molecular weight is 596 g/mol. The third kappa shape index (κ3) is 15.4. The Morgan fingerprint density at radius 2 is 1.46 bits per heavy atom. The third-order valence-electron chi connectivity index (χ3n) is 5.49. The largest absolute Gasteiger partial charge is 0.479 e. The molecule has 0 bridgehead atoms. The Labute approximate surface area is 233 Å². The zero-order valence-electron chi connectivity index (χ0n) is 22.9. The molecule has 1 heterocycles. The number of aliphatic hydroxyl groups excluding tert-OH is 8. The fraction of sp³-hybridized carbons (Fsp3) is 0.913. The summed E-state index contributed by atoms with van der Waals surface area (Å²) < 4.78 is 14.4. The number of aliphatic hydroxyl groups is 8. The highest BCUT2D eigenvalue weighted by atomic mass is 35.5. The van der Waals surface area contributed by atoms with Crippen LogP contribution >= 0.6 is 11.6 Å². The molecule has 0 saturated carbocycles. The molecule has 16 heteroatoms. The Balaban J connectivity index is 0. The van der Waals surface area contributed by atoms with Crippen LogP contribution in [0.3, 0.4) is 0 Å². The van der Waals surface area contributed by atoms with Crippen LogP contribution in [0.1, 0.15) is 34.6 Å². The second-order valence-electron chi connectivity index (χ2n) is 8.88. The first kappa shape index (κ1) is 39.9. The smallest absolute Gasteiger partial charge is 0.403 e. The van der Waals surface area contributed by atoms with Gasteiger partial charge in [0.2, 0.25) is 0 Å². The first-order valence-electron chi connectivity index (χ1n) is 12.5. The topological polar surface area (TPSA) is 247 Å². The van der Waals surface area contributed by atoms with Gasteiger partial charge in [0.15, 0.2) is 12.4 Å². The number of rotatable bonds is 13. The first-order valence-corrected chi connectivity index (χ1v) is 12.9. The molecule has 1 rings (SSSR count). The van der Waals surface area contributed by atoms with Crippen LogP contribution in [0.2, 0.25) is 0 Å². The molecular formula is C23H46ClNO14. The SMILES string of the molecule is CC(C)COC(=O)Cl.CCN(CC)CC.O=C(O)[C@H](O)[C@@H](O)[C@H](O[C@@H]1O[C@H](CO)[C@H](O)[C@H](O)[C@H]1O)[C@H](O)CO. The Hall–Kier alpha value is -1.21. The number of ether oxygens (including phenoxy) is 3. The highest BCUT2D eigenvalue weighted by Crippen LogP contribution is 2.25. The number of nitrogens with zero attached hydrogens (tertiary/aromatic N) is 1. The summed E-state index contributed by atoms with van der Waals surface area (Å²) in [6.07, 6.45) is -16.9. The van der Waals surface area contributed by atoms with Crippen molar-refractivity contribution in [2.24, 2.45) is 5.92 Å². The first-order chi connectivity index (χ1) is 18.1. The van der Waals surface area contributed by atoms with Crippen LogP contribution in [-0.4, -0.2) is 157 Å². The number of carbonyl (C=O) groups excluding carboxylic acids is 1. The molecule has 15 nitrogen and oxygen atoms in total. The van der Waals surface area contributed by atoms with Gasteiger partial charge in [0, 0.05) is 11.6 Å². The van der Waals surface area contributed by atoms with Crippen LogP contribution < -0.4 is 0 Å². The highest BCUT2D eigenvalue weighted by molar-refractivity contribution is 6.61. The maximum absolute atomic E-state index is 10.7. The van der Waals surface area contributed by atoms with Gasteiger partial charge in [0.1, 0.15) is 42.7 Å². The van der Waals surface area contributed by atoms with E-state index in [-0.39, 0.29) is 0 Å². The predicted octanol–water partition coefficient (Wildman–Crippen LogP) is -2.30. The van der Waals surface area contributed by atoms with E-state index in [4.69, 9.17) is 36.4 Å². The van der Waals surface area contributed by atoms with E-state index in [9.17, 15) is 40.2 Å². The number of halogens is 1. The quantitative estimate of drug-likeness (QED) is 0.102. The Morgan fingerprint density at radius 1 is 0.949 bits per heavy atom. The van der Waals surface area contributed by atoms with E-state index in [1.807, 2.05) is 13.8 Å². The van der Waals surface area contributed by atoms with Gasteiger partial charge in [0.25, 0.3) is 0 Å². The molecule has 0 aromatic carbocycles. The Kier molecular flexibility index (Phi) is 22.0. The lowest BCUT2D eigenvalue weighted by Gasteiger charge is -2.42. The van der Waals surface area contributed by atoms with Crippen molar-refractivity contribution < 1.29 is 69.8 Å².